The summed E-state index contributed by atoms with van der Waals surface area (Å²) in [5.41, 5.74) is 0.824. The van der Waals surface area contributed by atoms with E-state index in [9.17, 15) is 9.59 Å². The summed E-state index contributed by atoms with van der Waals surface area (Å²) in [5, 5.41) is 3.20. The van der Waals surface area contributed by atoms with Gasteiger partial charge in [0.05, 0.1) is 7.11 Å². The molecule has 1 aliphatic rings. The van der Waals surface area contributed by atoms with Gasteiger partial charge in [0, 0.05) is 18.8 Å². The zero-order chi connectivity index (χ0) is 18.1. The van der Waals surface area contributed by atoms with Crippen molar-refractivity contribution in [3.63, 3.8) is 0 Å². The molecule has 1 N–H and O–H groups in total. The van der Waals surface area contributed by atoms with Gasteiger partial charge in [0.15, 0.2) is 6.61 Å². The highest BCUT2D eigenvalue weighted by Crippen LogP contribution is 2.18. The molecule has 1 fully saturated rings. The highest BCUT2D eigenvalue weighted by atomic mass is 16.5. The van der Waals surface area contributed by atoms with Crippen molar-refractivity contribution in [3.8, 4) is 5.75 Å². The van der Waals surface area contributed by atoms with Crippen LogP contribution in [0.4, 0.5) is 5.69 Å². The lowest BCUT2D eigenvalue weighted by molar-refractivity contribution is -0.152. The molecule has 1 atom stereocenters. The molecule has 1 aliphatic heterocycles. The maximum absolute atomic E-state index is 12.4. The second-order valence-electron chi connectivity index (χ2n) is 6.26. The van der Waals surface area contributed by atoms with E-state index in [0.717, 1.165) is 50.2 Å². The lowest BCUT2D eigenvalue weighted by Crippen LogP contribution is -2.36. The quantitative estimate of drug-likeness (QED) is 0.695. The first-order valence-corrected chi connectivity index (χ1v) is 8.99. The Morgan fingerprint density at radius 3 is 2.48 bits per heavy atom. The number of carbonyl (C=O) groups is 2. The highest BCUT2D eigenvalue weighted by Gasteiger charge is 2.23. The summed E-state index contributed by atoms with van der Waals surface area (Å²) < 4.78 is 10.4. The number of benzene rings is 1. The first kappa shape index (κ1) is 19.1. The Balaban J connectivity index is 1.89. The van der Waals surface area contributed by atoms with Crippen LogP contribution in [0.25, 0.3) is 0 Å². The number of rotatable bonds is 9. The fourth-order valence-electron chi connectivity index (χ4n) is 2.84. The van der Waals surface area contributed by atoms with Gasteiger partial charge in [-0.2, -0.15) is 0 Å². The number of nitrogens with one attached hydrogen (secondary N) is 1. The standard InChI is InChI=1S/C19H28N2O4/c1-3-4-7-17(20-15-8-10-16(24-2)11-9-15)19(23)25-14-18(22)21-12-5-6-13-21/h8-11,17,20H,3-7,12-14H2,1-2H3. The molecular weight excluding hydrogens is 320 g/mol. The Bertz CT molecular complexity index is 553. The molecule has 1 amide bonds. The molecule has 0 bridgehead atoms. The second-order valence-corrected chi connectivity index (χ2v) is 6.26. The number of hydrogen-bond donors (Lipinski definition) is 1. The maximum atomic E-state index is 12.4. The van der Waals surface area contributed by atoms with Gasteiger partial charge < -0.3 is 19.7 Å². The molecule has 1 heterocycles. The van der Waals surface area contributed by atoms with Crippen LogP contribution in [0, 0.1) is 0 Å². The lowest BCUT2D eigenvalue weighted by atomic mass is 10.1. The molecule has 1 aromatic carbocycles. The molecule has 138 valence electrons. The molecule has 0 aliphatic carbocycles. The molecule has 0 spiro atoms. The molecule has 0 saturated carbocycles. The third-order valence-corrected chi connectivity index (χ3v) is 4.36. The van der Waals surface area contributed by atoms with Gasteiger partial charge in [-0.25, -0.2) is 4.79 Å². The van der Waals surface area contributed by atoms with Gasteiger partial charge >= 0.3 is 5.97 Å². The van der Waals surface area contributed by atoms with Crippen molar-refractivity contribution in [1.82, 2.24) is 4.90 Å². The Hall–Kier alpha value is -2.24. The number of amides is 1. The summed E-state index contributed by atoms with van der Waals surface area (Å²) in [6.45, 7) is 3.43. The van der Waals surface area contributed by atoms with Gasteiger partial charge in [0.1, 0.15) is 11.8 Å². The number of ether oxygens (including phenoxy) is 2. The second kappa shape index (κ2) is 9.91. The first-order chi connectivity index (χ1) is 12.1. The van der Waals surface area contributed by atoms with Crippen molar-refractivity contribution in [1.29, 1.82) is 0 Å². The number of unbranched alkanes of at least 4 members (excludes halogenated alkanes) is 1. The summed E-state index contributed by atoms with van der Waals surface area (Å²) in [6.07, 6.45) is 4.61. The zero-order valence-electron chi connectivity index (χ0n) is 15.1. The fraction of sp³-hybridized carbons (Fsp3) is 0.579. The molecule has 1 unspecified atom stereocenters. The van der Waals surface area contributed by atoms with Crippen molar-refractivity contribution in [3.05, 3.63) is 24.3 Å². The number of carbonyl (C=O) groups excluding carboxylic acids is 2. The van der Waals surface area contributed by atoms with Crippen LogP contribution in [0.1, 0.15) is 39.0 Å². The maximum Gasteiger partial charge on any atom is 0.329 e. The molecule has 6 heteroatoms. The van der Waals surface area contributed by atoms with Gasteiger partial charge in [0.2, 0.25) is 0 Å². The van der Waals surface area contributed by atoms with Crippen LogP contribution in [0.3, 0.4) is 0 Å². The minimum atomic E-state index is -0.459. The highest BCUT2D eigenvalue weighted by molar-refractivity contribution is 5.84. The summed E-state index contributed by atoms with van der Waals surface area (Å²) in [7, 11) is 1.61. The molecule has 1 aromatic rings. The molecule has 2 rings (SSSR count). The van der Waals surface area contributed by atoms with E-state index in [2.05, 4.69) is 12.2 Å². The Morgan fingerprint density at radius 1 is 1.20 bits per heavy atom. The largest absolute Gasteiger partial charge is 0.497 e. The molecule has 25 heavy (non-hydrogen) atoms. The van der Waals surface area contributed by atoms with Gasteiger partial charge in [-0.15, -0.1) is 0 Å². The van der Waals surface area contributed by atoms with Gasteiger partial charge in [-0.3, -0.25) is 4.79 Å². The number of hydrogen-bond acceptors (Lipinski definition) is 5. The van der Waals surface area contributed by atoms with Crippen molar-refractivity contribution in [2.45, 2.75) is 45.1 Å². The summed E-state index contributed by atoms with van der Waals surface area (Å²) in [5.74, 6) is 0.274. The number of nitrogens with zero attached hydrogens (tertiary/aromatic N) is 1. The molecule has 0 radical (unpaired) electrons. The number of esters is 1. The van der Waals surface area contributed by atoms with E-state index in [0.29, 0.717) is 6.42 Å². The van der Waals surface area contributed by atoms with Gasteiger partial charge in [-0.1, -0.05) is 19.8 Å². The Labute approximate surface area is 149 Å². The van der Waals surface area contributed by atoms with Crippen LogP contribution in [0.15, 0.2) is 24.3 Å². The van der Waals surface area contributed by atoms with E-state index in [1.807, 2.05) is 24.3 Å². The van der Waals surface area contributed by atoms with Gasteiger partial charge in [0.25, 0.3) is 5.91 Å². The zero-order valence-corrected chi connectivity index (χ0v) is 15.1. The summed E-state index contributed by atoms with van der Waals surface area (Å²) >= 11 is 0. The van der Waals surface area contributed by atoms with Crippen molar-refractivity contribution in [2.75, 3.05) is 32.1 Å². The normalized spacial score (nSPS) is 14.9. The van der Waals surface area contributed by atoms with Crippen LogP contribution in [0.5, 0.6) is 5.75 Å². The van der Waals surface area contributed by atoms with Crippen LogP contribution >= 0.6 is 0 Å². The fourth-order valence-corrected chi connectivity index (χ4v) is 2.84. The van der Waals surface area contributed by atoms with Crippen LogP contribution < -0.4 is 10.1 Å². The third-order valence-electron chi connectivity index (χ3n) is 4.36. The lowest BCUT2D eigenvalue weighted by Gasteiger charge is -2.20. The third kappa shape index (κ3) is 5.96. The molecule has 6 nitrogen and oxygen atoms in total. The van der Waals surface area contributed by atoms with Crippen molar-refractivity contribution in [2.24, 2.45) is 0 Å². The SMILES string of the molecule is CCCCC(Nc1ccc(OC)cc1)C(=O)OCC(=O)N1CCCC1. The Kier molecular flexibility index (Phi) is 7.57. The van der Waals surface area contributed by atoms with Crippen LogP contribution in [-0.4, -0.2) is 49.6 Å². The Morgan fingerprint density at radius 2 is 1.88 bits per heavy atom. The number of likely N-dealkylation sites (tertiary alicyclic amines) is 1. The predicted molar refractivity (Wildman–Crippen MR) is 96.7 cm³/mol. The van der Waals surface area contributed by atoms with E-state index < -0.39 is 6.04 Å². The van der Waals surface area contributed by atoms with E-state index in [4.69, 9.17) is 9.47 Å². The minimum absolute atomic E-state index is 0.107. The molecule has 1 saturated heterocycles. The monoisotopic (exact) mass is 348 g/mol. The summed E-state index contributed by atoms with van der Waals surface area (Å²) in [6, 6.07) is 6.93. The van der Waals surface area contributed by atoms with E-state index in [-0.39, 0.29) is 18.5 Å². The van der Waals surface area contributed by atoms with E-state index in [1.165, 1.54) is 0 Å². The minimum Gasteiger partial charge on any atom is -0.497 e. The summed E-state index contributed by atoms with van der Waals surface area (Å²) in [4.78, 5) is 26.2. The van der Waals surface area contributed by atoms with Crippen LogP contribution in [-0.2, 0) is 14.3 Å². The number of anilines is 1. The first-order valence-electron chi connectivity index (χ1n) is 8.99. The molecular formula is C19H28N2O4. The van der Waals surface area contributed by atoms with Gasteiger partial charge in [-0.05, 0) is 43.5 Å². The average molecular weight is 348 g/mol. The van der Waals surface area contributed by atoms with Crippen LogP contribution in [0.2, 0.25) is 0 Å². The predicted octanol–water partition coefficient (Wildman–Crippen LogP) is 2.83. The van der Waals surface area contributed by atoms with E-state index >= 15 is 0 Å². The molecule has 0 aromatic heterocycles. The topological polar surface area (TPSA) is 67.9 Å². The van der Waals surface area contributed by atoms with Crippen molar-refractivity contribution < 1.29 is 19.1 Å². The number of methoxy groups -OCH3 is 1. The van der Waals surface area contributed by atoms with Crippen molar-refractivity contribution >= 4 is 17.6 Å². The average Bonchev–Trinajstić information content (AvgIpc) is 3.18. The van der Waals surface area contributed by atoms with E-state index in [1.54, 1.807) is 12.0 Å². The smallest absolute Gasteiger partial charge is 0.329 e.